The van der Waals surface area contributed by atoms with E-state index in [1.807, 2.05) is 50.2 Å². The summed E-state index contributed by atoms with van der Waals surface area (Å²) >= 11 is 0. The van der Waals surface area contributed by atoms with Gasteiger partial charge in [0, 0.05) is 17.3 Å². The highest BCUT2D eigenvalue weighted by molar-refractivity contribution is 6.22. The number of nitrogens with one attached hydrogen (secondary N) is 2. The first-order valence-electron chi connectivity index (χ1n) is 14.9. The molecule has 7 rings (SSSR count). The van der Waals surface area contributed by atoms with Crippen LogP contribution in [0.5, 0.6) is 11.5 Å². The zero-order chi connectivity index (χ0) is 32.8. The number of nitrogen functional groups attached to an aromatic ring is 1. The second kappa shape index (κ2) is 11.6. The number of aromatic nitrogens is 3. The van der Waals surface area contributed by atoms with Gasteiger partial charge in [0.15, 0.2) is 11.6 Å². The molecule has 0 spiro atoms. The number of fused-ring (bicyclic) bond motifs is 1. The number of imide groups is 1. The van der Waals surface area contributed by atoms with Gasteiger partial charge in [0.25, 0.3) is 5.91 Å². The van der Waals surface area contributed by atoms with Gasteiger partial charge in [0.1, 0.15) is 17.6 Å². The molecule has 0 aliphatic carbocycles. The fourth-order valence-corrected chi connectivity index (χ4v) is 5.85. The molecule has 1 atom stereocenters. The van der Waals surface area contributed by atoms with Gasteiger partial charge in [-0.05, 0) is 79.1 Å². The minimum Gasteiger partial charge on any atom is -0.454 e. The van der Waals surface area contributed by atoms with E-state index in [9.17, 15) is 18.8 Å². The lowest BCUT2D eigenvalue weighted by molar-refractivity contribution is -0.118. The number of halogens is 1. The van der Waals surface area contributed by atoms with Crippen molar-refractivity contribution >= 4 is 40.1 Å². The van der Waals surface area contributed by atoms with E-state index < -0.39 is 17.9 Å². The summed E-state index contributed by atoms with van der Waals surface area (Å²) in [5.41, 5.74) is 10.9. The molecule has 47 heavy (non-hydrogen) atoms. The van der Waals surface area contributed by atoms with Crippen LogP contribution >= 0.6 is 0 Å². The molecule has 6 aromatic rings. The Bertz CT molecular complexity index is 2210. The molecule has 3 heterocycles. The third kappa shape index (κ3) is 5.37. The number of H-pyrrole nitrogens is 1. The van der Waals surface area contributed by atoms with Crippen LogP contribution in [0, 0.1) is 19.7 Å². The maximum atomic E-state index is 14.1. The molecule has 4 N–H and O–H groups in total. The number of urea groups is 1. The zero-order valence-corrected chi connectivity index (χ0v) is 25.5. The van der Waals surface area contributed by atoms with Gasteiger partial charge in [-0.25, -0.2) is 18.8 Å². The lowest BCUT2D eigenvalue weighted by Crippen LogP contribution is -2.32. The second-order valence-electron chi connectivity index (χ2n) is 11.4. The molecule has 4 aromatic carbocycles. The number of ketones is 1. The number of carbonyl (C=O) groups excluding carboxylic acids is 3. The Morgan fingerprint density at radius 3 is 2.45 bits per heavy atom. The van der Waals surface area contributed by atoms with Crippen molar-refractivity contribution in [3.8, 4) is 17.2 Å². The number of hydrogen-bond acceptors (Lipinski definition) is 6. The van der Waals surface area contributed by atoms with E-state index in [0.717, 1.165) is 21.4 Å². The number of benzene rings is 4. The predicted octanol–water partition coefficient (Wildman–Crippen LogP) is 6.38. The maximum Gasteiger partial charge on any atom is 0.329 e. The topological polar surface area (TPSA) is 135 Å². The van der Waals surface area contributed by atoms with Crippen LogP contribution in [0.4, 0.5) is 20.7 Å². The highest BCUT2D eigenvalue weighted by Crippen LogP contribution is 2.32. The van der Waals surface area contributed by atoms with Crippen LogP contribution in [-0.4, -0.2) is 38.5 Å². The molecular weight excluding hydrogens is 599 g/mol. The van der Waals surface area contributed by atoms with Gasteiger partial charge in [-0.3, -0.25) is 9.59 Å². The fourth-order valence-electron chi connectivity index (χ4n) is 5.85. The first kappa shape index (κ1) is 29.5. The summed E-state index contributed by atoms with van der Waals surface area (Å²) in [6, 6.07) is 24.8. The van der Waals surface area contributed by atoms with Crippen molar-refractivity contribution in [2.45, 2.75) is 26.3 Å². The Morgan fingerprint density at radius 2 is 1.68 bits per heavy atom. The van der Waals surface area contributed by atoms with Crippen molar-refractivity contribution in [2.75, 3.05) is 10.6 Å². The quantitative estimate of drug-likeness (QED) is 0.132. The number of ether oxygens (including phenoxy) is 1. The minimum absolute atomic E-state index is 0.106. The van der Waals surface area contributed by atoms with E-state index in [2.05, 4.69) is 15.4 Å². The lowest BCUT2D eigenvalue weighted by Gasteiger charge is -2.16. The average molecular weight is 629 g/mol. The molecule has 1 aliphatic rings. The number of amides is 3. The molecule has 10 nitrogen and oxygen atoms in total. The number of hydrogen-bond donors (Lipinski definition) is 3. The summed E-state index contributed by atoms with van der Waals surface area (Å²) in [6.45, 7) is 3.64. The average Bonchev–Trinajstić information content (AvgIpc) is 3.72. The van der Waals surface area contributed by atoms with Crippen LogP contribution in [-0.2, 0) is 11.2 Å². The standard InChI is InChI=1S/C36H29FN6O4/c1-20-14-23-17-28(40-27(23)18-31(20)42-35(45)29(41-36(42)46)16-22-8-4-3-5-9-22)33(44)25-19-39-43(34(25)38)30-13-12-24(15-21(30)2)47-32-11-7-6-10-26(32)37/h3-15,17-19,29,40H,16,38H2,1-2H3,(H,41,46)/t29-/m0/s1. The number of nitrogens with two attached hydrogens (primary N) is 1. The third-order valence-electron chi connectivity index (χ3n) is 8.24. The molecule has 1 saturated heterocycles. The SMILES string of the molecule is Cc1cc2cc(C(=O)c3cnn(-c4ccc(Oc5ccccc5F)cc4C)c3N)[nH]c2cc1N1C(=O)N[C@@H](Cc2ccccc2)C1=O. The van der Waals surface area contributed by atoms with E-state index in [1.54, 1.807) is 48.5 Å². The third-order valence-corrected chi connectivity index (χ3v) is 8.24. The van der Waals surface area contributed by atoms with Gasteiger partial charge in [-0.15, -0.1) is 0 Å². The molecule has 0 unspecified atom stereocenters. The molecule has 11 heteroatoms. The fraction of sp³-hybridized carbons (Fsp3) is 0.111. The summed E-state index contributed by atoms with van der Waals surface area (Å²) in [5, 5.41) is 7.90. The van der Waals surface area contributed by atoms with Crippen LogP contribution in [0.1, 0.15) is 32.7 Å². The summed E-state index contributed by atoms with van der Waals surface area (Å²) in [7, 11) is 0. The minimum atomic E-state index is -0.681. The van der Waals surface area contributed by atoms with Crippen molar-refractivity contribution < 1.29 is 23.5 Å². The van der Waals surface area contributed by atoms with Gasteiger partial charge in [0.2, 0.25) is 5.78 Å². The van der Waals surface area contributed by atoms with Gasteiger partial charge < -0.3 is 20.8 Å². The Balaban J connectivity index is 1.13. The van der Waals surface area contributed by atoms with E-state index in [4.69, 9.17) is 10.5 Å². The highest BCUT2D eigenvalue weighted by atomic mass is 19.1. The van der Waals surface area contributed by atoms with Crippen molar-refractivity contribution in [2.24, 2.45) is 0 Å². The van der Waals surface area contributed by atoms with Gasteiger partial charge in [-0.2, -0.15) is 5.10 Å². The first-order valence-corrected chi connectivity index (χ1v) is 14.9. The highest BCUT2D eigenvalue weighted by Gasteiger charge is 2.39. The monoisotopic (exact) mass is 628 g/mol. The number of nitrogens with zero attached hydrogens (tertiary/aromatic N) is 3. The number of anilines is 2. The molecule has 1 fully saturated rings. The smallest absolute Gasteiger partial charge is 0.329 e. The Morgan fingerprint density at radius 1 is 0.936 bits per heavy atom. The first-order chi connectivity index (χ1) is 22.7. The number of carbonyl (C=O) groups is 3. The molecule has 2 aromatic heterocycles. The molecule has 3 amide bonds. The van der Waals surface area contributed by atoms with Crippen LogP contribution in [0.15, 0.2) is 97.2 Å². The molecular formula is C36H29FN6O4. The van der Waals surface area contributed by atoms with Crippen molar-refractivity contribution in [1.82, 2.24) is 20.1 Å². The van der Waals surface area contributed by atoms with Gasteiger partial charge in [-0.1, -0.05) is 42.5 Å². The van der Waals surface area contributed by atoms with Crippen molar-refractivity contribution in [3.63, 3.8) is 0 Å². The normalized spacial score (nSPS) is 14.5. The second-order valence-corrected chi connectivity index (χ2v) is 11.4. The van der Waals surface area contributed by atoms with Gasteiger partial charge in [0.05, 0.1) is 28.8 Å². The van der Waals surface area contributed by atoms with E-state index in [-0.39, 0.29) is 34.5 Å². The van der Waals surface area contributed by atoms with E-state index >= 15 is 0 Å². The van der Waals surface area contributed by atoms with Crippen molar-refractivity contribution in [3.05, 3.63) is 131 Å². The molecule has 1 aliphatic heterocycles. The summed E-state index contributed by atoms with van der Waals surface area (Å²) in [4.78, 5) is 44.2. The number of aromatic amines is 1. The Kier molecular flexibility index (Phi) is 7.28. The number of rotatable bonds is 8. The van der Waals surface area contributed by atoms with Crippen LogP contribution in [0.25, 0.3) is 16.6 Å². The van der Waals surface area contributed by atoms with Crippen LogP contribution < -0.4 is 20.7 Å². The largest absolute Gasteiger partial charge is 0.454 e. The summed E-state index contributed by atoms with van der Waals surface area (Å²) < 4.78 is 21.2. The Hall–Kier alpha value is -6.23. The molecule has 0 saturated carbocycles. The zero-order valence-electron chi connectivity index (χ0n) is 25.5. The van der Waals surface area contributed by atoms with Gasteiger partial charge >= 0.3 is 6.03 Å². The lowest BCUT2D eigenvalue weighted by atomic mass is 10.1. The van der Waals surface area contributed by atoms with E-state index in [1.165, 1.54) is 16.9 Å². The molecule has 234 valence electrons. The summed E-state index contributed by atoms with van der Waals surface area (Å²) in [5.74, 6) is -0.509. The molecule has 0 radical (unpaired) electrons. The van der Waals surface area contributed by atoms with Crippen LogP contribution in [0.3, 0.4) is 0 Å². The summed E-state index contributed by atoms with van der Waals surface area (Å²) in [6.07, 6.45) is 1.79. The number of aryl methyl sites for hydroxylation is 2. The maximum absolute atomic E-state index is 14.1. The molecule has 0 bridgehead atoms. The predicted molar refractivity (Wildman–Crippen MR) is 176 cm³/mol. The number of para-hydroxylation sites is 1. The van der Waals surface area contributed by atoms with Crippen LogP contribution in [0.2, 0.25) is 0 Å². The van der Waals surface area contributed by atoms with Crippen molar-refractivity contribution in [1.29, 1.82) is 0 Å². The Labute approximate surface area is 268 Å². The van der Waals surface area contributed by atoms with E-state index in [0.29, 0.717) is 34.6 Å².